The maximum atomic E-state index is 10.6. The van der Waals surface area contributed by atoms with E-state index in [-0.39, 0.29) is 3.42 Å². The molecule has 0 bridgehead atoms. The van der Waals surface area contributed by atoms with Crippen LogP contribution in [-0.4, -0.2) is 15.9 Å². The number of carbonyl (C=O) groups excluding carboxylic acids is 1. The second-order valence-corrected chi connectivity index (χ2v) is 5.27. The number of aldehydes is 1. The van der Waals surface area contributed by atoms with Crippen molar-refractivity contribution in [2.24, 2.45) is 4.99 Å². The number of nitrogens with zero attached hydrogens (tertiary/aromatic N) is 1. The first-order chi connectivity index (χ1) is 5.08. The molecule has 0 saturated carbocycles. The van der Waals surface area contributed by atoms with Crippen molar-refractivity contribution in [3.8, 4) is 0 Å². The van der Waals surface area contributed by atoms with Gasteiger partial charge in [-0.1, -0.05) is 34.2 Å². The average molecular weight is 283 g/mol. The lowest BCUT2D eigenvalue weighted by molar-refractivity contribution is -0.105. The number of hydrogen-bond acceptors (Lipinski definition) is 2. The normalized spacial score (nSPS) is 30.8. The number of aliphatic imine (C=N–C) groups is 1. The second kappa shape index (κ2) is 3.23. The molecule has 1 heterocycles. The van der Waals surface area contributed by atoms with Crippen molar-refractivity contribution in [1.82, 2.24) is 0 Å². The van der Waals surface area contributed by atoms with E-state index in [1.165, 1.54) is 0 Å². The van der Waals surface area contributed by atoms with Crippen molar-refractivity contribution in [3.63, 3.8) is 0 Å². The van der Waals surface area contributed by atoms with Crippen molar-refractivity contribution in [2.45, 2.75) is 16.8 Å². The molecule has 0 aromatic carbocycles. The molecule has 0 N–H and O–H groups in total. The highest BCUT2D eigenvalue weighted by Gasteiger charge is 2.29. The van der Waals surface area contributed by atoms with Crippen LogP contribution in [-0.2, 0) is 4.79 Å². The van der Waals surface area contributed by atoms with Crippen LogP contribution in [0, 0.1) is 0 Å². The van der Waals surface area contributed by atoms with Gasteiger partial charge in [0.05, 0.1) is 3.42 Å². The molecule has 0 aromatic rings. The number of carbonyl (C=O) groups is 1. The topological polar surface area (TPSA) is 29.4 Å². The molecule has 11 heavy (non-hydrogen) atoms. The van der Waals surface area contributed by atoms with Crippen LogP contribution in [0.3, 0.4) is 0 Å². The monoisotopic (exact) mass is 283 g/mol. The number of alkyl halides is 1. The molecule has 0 spiro atoms. The summed E-state index contributed by atoms with van der Waals surface area (Å²) in [5.41, 5.74) is 0.585. The van der Waals surface area contributed by atoms with Crippen LogP contribution in [0.25, 0.3) is 0 Å². The van der Waals surface area contributed by atoms with E-state index in [1.54, 1.807) is 6.21 Å². The third-order valence-corrected chi connectivity index (χ3v) is 2.90. The average Bonchev–Trinajstić information content (AvgIpc) is 1.86. The first-order valence-corrected chi connectivity index (χ1v) is 4.60. The lowest BCUT2D eigenvalue weighted by Gasteiger charge is -2.23. The van der Waals surface area contributed by atoms with Gasteiger partial charge >= 0.3 is 0 Å². The summed E-state index contributed by atoms with van der Waals surface area (Å²) in [6.45, 7) is 1.96. The van der Waals surface area contributed by atoms with Crippen molar-refractivity contribution in [3.05, 3.63) is 10.7 Å². The summed E-state index contributed by atoms with van der Waals surface area (Å²) in [7, 11) is 0. The number of allylic oxidation sites excluding steroid dienone is 1. The summed E-state index contributed by atoms with van der Waals surface area (Å²) in [6.07, 6.45) is 3.28. The second-order valence-electron chi connectivity index (χ2n) is 2.54. The molecule has 0 saturated heterocycles. The van der Waals surface area contributed by atoms with E-state index >= 15 is 0 Å². The van der Waals surface area contributed by atoms with Crippen molar-refractivity contribution >= 4 is 46.7 Å². The molecule has 2 nitrogen and oxygen atoms in total. The van der Waals surface area contributed by atoms with Crippen LogP contribution in [0.2, 0.25) is 0 Å². The highest BCUT2D eigenvalue weighted by atomic mass is 127. The van der Waals surface area contributed by atoms with Crippen LogP contribution in [0.5, 0.6) is 0 Å². The van der Waals surface area contributed by atoms with Gasteiger partial charge in [-0.05, 0) is 6.92 Å². The zero-order valence-corrected chi connectivity index (χ0v) is 8.89. The SMILES string of the molecule is CC1(I)CC=NC(Cl)=C1C=O. The molecule has 0 aromatic heterocycles. The van der Waals surface area contributed by atoms with Gasteiger partial charge in [0.1, 0.15) is 11.4 Å². The van der Waals surface area contributed by atoms with E-state index in [4.69, 9.17) is 11.6 Å². The number of hydrogen-bond donors (Lipinski definition) is 0. The molecule has 1 atom stereocenters. The lowest BCUT2D eigenvalue weighted by Crippen LogP contribution is -2.23. The summed E-state index contributed by atoms with van der Waals surface area (Å²) in [5.74, 6) is 0. The Morgan fingerprint density at radius 1 is 1.91 bits per heavy atom. The third-order valence-electron chi connectivity index (χ3n) is 1.58. The lowest BCUT2D eigenvalue weighted by atomic mass is 9.98. The third kappa shape index (κ3) is 1.82. The van der Waals surface area contributed by atoms with Crippen molar-refractivity contribution < 1.29 is 4.79 Å². The Balaban J connectivity index is 3.10. The Kier molecular flexibility index (Phi) is 2.70. The predicted molar refractivity (Wildman–Crippen MR) is 54.5 cm³/mol. The van der Waals surface area contributed by atoms with Crippen LogP contribution in [0.15, 0.2) is 15.7 Å². The minimum atomic E-state index is -0.182. The zero-order chi connectivity index (χ0) is 8.48. The molecule has 0 amide bonds. The minimum Gasteiger partial charge on any atom is -0.298 e. The van der Waals surface area contributed by atoms with Crippen LogP contribution >= 0.6 is 34.2 Å². The summed E-state index contributed by atoms with van der Waals surface area (Å²) in [5, 5.41) is 0.322. The Labute approximate surface area is 83.9 Å². The van der Waals surface area contributed by atoms with Crippen LogP contribution in [0.4, 0.5) is 0 Å². The van der Waals surface area contributed by atoms with Gasteiger partial charge in [-0.25, -0.2) is 4.99 Å². The van der Waals surface area contributed by atoms with Gasteiger partial charge in [-0.15, -0.1) is 0 Å². The predicted octanol–water partition coefficient (Wildman–Crippen LogP) is 2.30. The van der Waals surface area contributed by atoms with Crippen molar-refractivity contribution in [2.75, 3.05) is 0 Å². The number of rotatable bonds is 1. The summed E-state index contributed by atoms with van der Waals surface area (Å²) < 4.78 is -0.182. The first-order valence-electron chi connectivity index (χ1n) is 3.15. The van der Waals surface area contributed by atoms with Crippen LogP contribution < -0.4 is 0 Å². The summed E-state index contributed by atoms with van der Waals surface area (Å²) >= 11 is 7.92. The molecule has 0 fully saturated rings. The number of halogens is 2. The maximum Gasteiger partial charge on any atom is 0.150 e. The molecule has 0 aliphatic carbocycles. The van der Waals surface area contributed by atoms with Gasteiger partial charge in [0.25, 0.3) is 0 Å². The standard InChI is InChI=1S/C7H7ClINO/c1-7(9)2-3-10-6(8)5(7)4-11/h3-4H,2H2,1H3. The van der Waals surface area contributed by atoms with E-state index in [0.29, 0.717) is 10.7 Å². The Morgan fingerprint density at radius 2 is 2.55 bits per heavy atom. The molecule has 1 aliphatic heterocycles. The molecular formula is C7H7ClINO. The van der Waals surface area contributed by atoms with E-state index in [9.17, 15) is 4.79 Å². The van der Waals surface area contributed by atoms with Crippen LogP contribution in [0.1, 0.15) is 13.3 Å². The first kappa shape index (κ1) is 9.19. The summed E-state index contributed by atoms with van der Waals surface area (Å²) in [4.78, 5) is 14.4. The van der Waals surface area contributed by atoms with Gasteiger partial charge in [0.2, 0.25) is 0 Å². The smallest absolute Gasteiger partial charge is 0.150 e. The van der Waals surface area contributed by atoms with Gasteiger partial charge in [0.15, 0.2) is 0 Å². The molecule has 1 unspecified atom stereocenters. The fourth-order valence-corrected chi connectivity index (χ4v) is 1.92. The molecule has 1 aliphatic rings. The molecule has 1 rings (SSSR count). The highest BCUT2D eigenvalue weighted by molar-refractivity contribution is 14.1. The van der Waals surface area contributed by atoms with E-state index in [1.807, 2.05) is 6.92 Å². The van der Waals surface area contributed by atoms with Gasteiger partial charge < -0.3 is 0 Å². The highest BCUT2D eigenvalue weighted by Crippen LogP contribution is 2.35. The molecule has 4 heteroatoms. The Bertz CT molecular complexity index is 245. The van der Waals surface area contributed by atoms with Gasteiger partial charge in [0, 0.05) is 18.2 Å². The van der Waals surface area contributed by atoms with Crippen molar-refractivity contribution in [1.29, 1.82) is 0 Å². The molecule has 0 radical (unpaired) electrons. The Morgan fingerprint density at radius 3 is 2.91 bits per heavy atom. The van der Waals surface area contributed by atoms with Gasteiger partial charge in [-0.3, -0.25) is 4.79 Å². The minimum absolute atomic E-state index is 0.182. The fourth-order valence-electron chi connectivity index (χ4n) is 0.863. The molecule has 60 valence electrons. The maximum absolute atomic E-state index is 10.6. The zero-order valence-electron chi connectivity index (χ0n) is 5.97. The van der Waals surface area contributed by atoms with Gasteiger partial charge in [-0.2, -0.15) is 0 Å². The Hall–Kier alpha value is 0.1000. The van der Waals surface area contributed by atoms with E-state index < -0.39 is 0 Å². The summed E-state index contributed by atoms with van der Waals surface area (Å²) in [6, 6.07) is 0. The van der Waals surface area contributed by atoms with E-state index in [2.05, 4.69) is 27.6 Å². The largest absolute Gasteiger partial charge is 0.298 e. The quantitative estimate of drug-likeness (QED) is 0.314. The molecular weight excluding hydrogens is 276 g/mol. The fraction of sp³-hybridized carbons (Fsp3) is 0.429. The van der Waals surface area contributed by atoms with E-state index in [0.717, 1.165) is 12.7 Å².